The molecule has 0 radical (unpaired) electrons. The topological polar surface area (TPSA) is 58.4 Å². The third kappa shape index (κ3) is 3.93. The van der Waals surface area contributed by atoms with Gasteiger partial charge in [0, 0.05) is 19.6 Å². The lowest BCUT2D eigenvalue weighted by molar-refractivity contribution is -0.143. The largest absolute Gasteiger partial charge is 0.342 e. The van der Waals surface area contributed by atoms with Crippen molar-refractivity contribution in [2.45, 2.75) is 46.0 Å². The maximum atomic E-state index is 12.7. The highest BCUT2D eigenvalue weighted by Crippen LogP contribution is 2.30. The fraction of sp³-hybridized carbons (Fsp3) is 0.933. The second kappa shape index (κ2) is 7.85. The van der Waals surface area contributed by atoms with Crippen molar-refractivity contribution in [2.75, 3.05) is 33.2 Å². The van der Waals surface area contributed by atoms with Crippen LogP contribution in [0.25, 0.3) is 0 Å². The second-order valence-electron chi connectivity index (χ2n) is 5.82. The Bertz CT molecular complexity index is 260. The van der Waals surface area contributed by atoms with E-state index >= 15 is 0 Å². The quantitative estimate of drug-likeness (QED) is 0.738. The van der Waals surface area contributed by atoms with Crippen LogP contribution in [0.4, 0.5) is 0 Å². The third-order valence-electron chi connectivity index (χ3n) is 4.90. The van der Waals surface area contributed by atoms with E-state index in [0.717, 1.165) is 51.2 Å². The van der Waals surface area contributed by atoms with E-state index in [4.69, 9.17) is 5.73 Å². The number of carbonyl (C=O) groups is 1. The minimum absolute atomic E-state index is 0.284. The zero-order valence-electron chi connectivity index (χ0n) is 12.9. The molecule has 4 nitrogen and oxygen atoms in total. The first-order chi connectivity index (χ1) is 9.13. The maximum Gasteiger partial charge on any atom is 0.230 e. The van der Waals surface area contributed by atoms with Gasteiger partial charge in [-0.15, -0.1) is 0 Å². The SMILES string of the molecule is CCC(CC)(CN)C(=O)N1CCC(CCNC)CC1. The Hall–Kier alpha value is -0.610. The molecule has 0 spiro atoms. The van der Waals surface area contributed by atoms with Gasteiger partial charge < -0.3 is 16.0 Å². The number of piperidine rings is 1. The minimum atomic E-state index is -0.322. The second-order valence-corrected chi connectivity index (χ2v) is 5.82. The molecule has 0 aromatic carbocycles. The molecular weight excluding hydrogens is 238 g/mol. The fourth-order valence-electron chi connectivity index (χ4n) is 3.04. The van der Waals surface area contributed by atoms with Crippen molar-refractivity contribution in [3.8, 4) is 0 Å². The van der Waals surface area contributed by atoms with Crippen LogP contribution in [-0.2, 0) is 4.79 Å². The summed E-state index contributed by atoms with van der Waals surface area (Å²) in [5.74, 6) is 1.05. The number of amides is 1. The molecule has 1 rings (SSSR count). The van der Waals surface area contributed by atoms with Crippen LogP contribution in [0.5, 0.6) is 0 Å². The van der Waals surface area contributed by atoms with Crippen LogP contribution in [0, 0.1) is 11.3 Å². The molecule has 3 N–H and O–H groups in total. The monoisotopic (exact) mass is 269 g/mol. The van der Waals surface area contributed by atoms with Crippen LogP contribution in [-0.4, -0.2) is 44.0 Å². The molecule has 0 aliphatic carbocycles. The van der Waals surface area contributed by atoms with Gasteiger partial charge in [-0.25, -0.2) is 0 Å². The van der Waals surface area contributed by atoms with Crippen LogP contribution in [0.1, 0.15) is 46.0 Å². The summed E-state index contributed by atoms with van der Waals surface area (Å²) in [7, 11) is 2.00. The van der Waals surface area contributed by atoms with E-state index in [1.165, 1.54) is 6.42 Å². The molecule has 0 aromatic rings. The lowest BCUT2D eigenvalue weighted by atomic mass is 9.80. The van der Waals surface area contributed by atoms with Crippen LogP contribution in [0.3, 0.4) is 0 Å². The summed E-state index contributed by atoms with van der Waals surface area (Å²) in [6.45, 7) is 7.53. The van der Waals surface area contributed by atoms with Crippen LogP contribution < -0.4 is 11.1 Å². The van der Waals surface area contributed by atoms with Crippen LogP contribution >= 0.6 is 0 Å². The number of hydrogen-bond acceptors (Lipinski definition) is 3. The lowest BCUT2D eigenvalue weighted by Crippen LogP contribution is -2.50. The van der Waals surface area contributed by atoms with E-state index < -0.39 is 0 Å². The van der Waals surface area contributed by atoms with Crippen molar-refractivity contribution in [2.24, 2.45) is 17.1 Å². The van der Waals surface area contributed by atoms with Gasteiger partial charge in [-0.2, -0.15) is 0 Å². The molecule has 0 atom stereocenters. The summed E-state index contributed by atoms with van der Waals surface area (Å²) in [6.07, 6.45) is 5.20. The van der Waals surface area contributed by atoms with Gasteiger partial charge in [0.25, 0.3) is 0 Å². The van der Waals surface area contributed by atoms with Gasteiger partial charge in [-0.05, 0) is 51.6 Å². The molecule has 0 saturated carbocycles. The van der Waals surface area contributed by atoms with E-state index in [1.54, 1.807) is 0 Å². The average molecular weight is 269 g/mol. The van der Waals surface area contributed by atoms with Gasteiger partial charge >= 0.3 is 0 Å². The zero-order chi connectivity index (χ0) is 14.3. The number of hydrogen-bond donors (Lipinski definition) is 2. The molecule has 1 aliphatic heterocycles. The summed E-state index contributed by atoms with van der Waals surface area (Å²) in [6, 6.07) is 0. The summed E-state index contributed by atoms with van der Waals surface area (Å²) in [5.41, 5.74) is 5.55. The van der Waals surface area contributed by atoms with Crippen molar-refractivity contribution >= 4 is 5.91 Å². The third-order valence-corrected chi connectivity index (χ3v) is 4.90. The highest BCUT2D eigenvalue weighted by atomic mass is 16.2. The highest BCUT2D eigenvalue weighted by molar-refractivity contribution is 5.83. The fourth-order valence-corrected chi connectivity index (χ4v) is 3.04. The summed E-state index contributed by atoms with van der Waals surface area (Å²) < 4.78 is 0. The smallest absolute Gasteiger partial charge is 0.230 e. The molecule has 1 fully saturated rings. The van der Waals surface area contributed by atoms with Crippen LogP contribution in [0.2, 0.25) is 0 Å². The Labute approximate surface area is 118 Å². The van der Waals surface area contributed by atoms with E-state index in [9.17, 15) is 4.79 Å². The molecule has 19 heavy (non-hydrogen) atoms. The van der Waals surface area contributed by atoms with Crippen LogP contribution in [0.15, 0.2) is 0 Å². The molecule has 1 saturated heterocycles. The molecule has 0 unspecified atom stereocenters. The van der Waals surface area contributed by atoms with Gasteiger partial charge in [0.05, 0.1) is 5.41 Å². The Morgan fingerprint density at radius 3 is 2.32 bits per heavy atom. The molecule has 0 bridgehead atoms. The predicted molar refractivity (Wildman–Crippen MR) is 79.9 cm³/mol. The van der Waals surface area contributed by atoms with Gasteiger partial charge in [0.15, 0.2) is 0 Å². The van der Waals surface area contributed by atoms with E-state index in [1.807, 2.05) is 7.05 Å². The van der Waals surface area contributed by atoms with Gasteiger partial charge in [0.1, 0.15) is 0 Å². The molecule has 4 heteroatoms. The van der Waals surface area contributed by atoms with Gasteiger partial charge in [-0.1, -0.05) is 13.8 Å². The minimum Gasteiger partial charge on any atom is -0.342 e. The molecular formula is C15H31N3O. The summed E-state index contributed by atoms with van der Waals surface area (Å²) in [5, 5.41) is 3.20. The van der Waals surface area contributed by atoms with Gasteiger partial charge in [0.2, 0.25) is 5.91 Å². The number of nitrogens with one attached hydrogen (secondary N) is 1. The first-order valence-electron chi connectivity index (χ1n) is 7.77. The average Bonchev–Trinajstić information content (AvgIpc) is 2.48. The van der Waals surface area contributed by atoms with Crippen molar-refractivity contribution < 1.29 is 4.79 Å². The first kappa shape index (κ1) is 16.4. The Morgan fingerprint density at radius 2 is 1.89 bits per heavy atom. The molecule has 1 aliphatic rings. The maximum absolute atomic E-state index is 12.7. The molecule has 1 heterocycles. The van der Waals surface area contributed by atoms with Crippen molar-refractivity contribution in [3.05, 3.63) is 0 Å². The number of nitrogens with zero attached hydrogens (tertiary/aromatic N) is 1. The van der Waals surface area contributed by atoms with Crippen molar-refractivity contribution in [1.82, 2.24) is 10.2 Å². The van der Waals surface area contributed by atoms with Crippen molar-refractivity contribution in [3.63, 3.8) is 0 Å². The Kier molecular flexibility index (Phi) is 6.80. The van der Waals surface area contributed by atoms with E-state index in [-0.39, 0.29) is 11.3 Å². The van der Waals surface area contributed by atoms with E-state index in [2.05, 4.69) is 24.1 Å². The number of rotatable bonds is 7. The molecule has 112 valence electrons. The number of nitrogens with two attached hydrogens (primary N) is 1. The summed E-state index contributed by atoms with van der Waals surface area (Å²) >= 11 is 0. The number of likely N-dealkylation sites (tertiary alicyclic amines) is 1. The number of carbonyl (C=O) groups excluding carboxylic acids is 1. The first-order valence-corrected chi connectivity index (χ1v) is 7.77. The van der Waals surface area contributed by atoms with Crippen molar-refractivity contribution in [1.29, 1.82) is 0 Å². The normalized spacial score (nSPS) is 17.8. The Morgan fingerprint density at radius 1 is 1.32 bits per heavy atom. The molecule has 0 aromatic heterocycles. The summed E-state index contributed by atoms with van der Waals surface area (Å²) in [4.78, 5) is 14.7. The standard InChI is InChI=1S/C15H31N3O/c1-4-15(5-2,12-16)14(19)18-10-7-13(8-11-18)6-9-17-3/h13,17H,4-12,16H2,1-3H3. The Balaban J connectivity index is 2.52. The zero-order valence-corrected chi connectivity index (χ0v) is 12.9. The predicted octanol–water partition coefficient (Wildman–Crippen LogP) is 1.60. The van der Waals surface area contributed by atoms with E-state index in [0.29, 0.717) is 6.54 Å². The molecule has 1 amide bonds. The van der Waals surface area contributed by atoms with Gasteiger partial charge in [-0.3, -0.25) is 4.79 Å². The lowest BCUT2D eigenvalue weighted by Gasteiger charge is -2.39. The highest BCUT2D eigenvalue weighted by Gasteiger charge is 2.37.